The number of nitrogens with zero attached hydrogens (tertiary/aromatic N) is 3. The smallest absolute Gasteiger partial charge is 0.358 e. The summed E-state index contributed by atoms with van der Waals surface area (Å²) < 4.78 is 10.3. The van der Waals surface area contributed by atoms with E-state index >= 15 is 0 Å². The Balaban J connectivity index is 1.79. The lowest BCUT2D eigenvalue weighted by atomic mass is 10.2. The van der Waals surface area contributed by atoms with Gasteiger partial charge in [-0.2, -0.15) is 0 Å². The van der Waals surface area contributed by atoms with Gasteiger partial charge in [0.15, 0.2) is 5.69 Å². The Labute approximate surface area is 142 Å². The number of non-ortho nitro benzene ring substituents is 1. The van der Waals surface area contributed by atoms with Crippen LogP contribution in [0.5, 0.6) is 5.75 Å². The molecule has 0 N–H and O–H groups in total. The van der Waals surface area contributed by atoms with Gasteiger partial charge in [-0.25, -0.2) is 9.78 Å². The van der Waals surface area contributed by atoms with Crippen molar-refractivity contribution in [1.29, 1.82) is 0 Å². The number of carbonyl (C=O) groups excluding carboxylic acids is 1. The van der Waals surface area contributed by atoms with E-state index in [2.05, 4.69) is 9.97 Å². The highest BCUT2D eigenvalue weighted by Gasteiger charge is 2.15. The van der Waals surface area contributed by atoms with Crippen LogP contribution in [0, 0.1) is 10.1 Å². The average molecular weight is 339 g/mol. The van der Waals surface area contributed by atoms with E-state index in [-0.39, 0.29) is 18.0 Å². The molecular weight excluding hydrogens is 326 g/mol. The van der Waals surface area contributed by atoms with Gasteiger partial charge >= 0.3 is 5.97 Å². The van der Waals surface area contributed by atoms with Crippen LogP contribution in [0.3, 0.4) is 0 Å². The number of rotatable bonds is 5. The molecule has 2 aromatic carbocycles. The summed E-state index contributed by atoms with van der Waals surface area (Å²) >= 11 is 0. The SMILES string of the molecule is COc1ccc([N+](=O)[O-])cc1COC(=O)c1cnc2ccccc2n1. The van der Waals surface area contributed by atoms with Gasteiger partial charge in [-0.3, -0.25) is 15.1 Å². The highest BCUT2D eigenvalue weighted by Crippen LogP contribution is 2.25. The van der Waals surface area contributed by atoms with E-state index in [9.17, 15) is 14.9 Å². The van der Waals surface area contributed by atoms with Crippen molar-refractivity contribution in [3.63, 3.8) is 0 Å². The summed E-state index contributed by atoms with van der Waals surface area (Å²) in [4.78, 5) is 30.9. The maximum atomic E-state index is 12.2. The van der Waals surface area contributed by atoms with E-state index in [1.165, 1.54) is 31.5 Å². The molecule has 0 unspecified atom stereocenters. The van der Waals surface area contributed by atoms with E-state index < -0.39 is 10.9 Å². The fourth-order valence-electron chi connectivity index (χ4n) is 2.26. The van der Waals surface area contributed by atoms with Crippen LogP contribution < -0.4 is 4.74 Å². The van der Waals surface area contributed by atoms with E-state index in [0.29, 0.717) is 22.3 Å². The van der Waals surface area contributed by atoms with Crippen molar-refractivity contribution in [2.75, 3.05) is 7.11 Å². The molecule has 0 bridgehead atoms. The van der Waals surface area contributed by atoms with Crippen molar-refractivity contribution < 1.29 is 19.2 Å². The maximum absolute atomic E-state index is 12.2. The Morgan fingerprint density at radius 2 is 1.96 bits per heavy atom. The zero-order chi connectivity index (χ0) is 17.8. The van der Waals surface area contributed by atoms with Gasteiger partial charge in [0.2, 0.25) is 0 Å². The van der Waals surface area contributed by atoms with Crippen molar-refractivity contribution in [2.45, 2.75) is 6.61 Å². The van der Waals surface area contributed by atoms with E-state index in [0.717, 1.165) is 0 Å². The number of aromatic nitrogens is 2. The third kappa shape index (κ3) is 3.52. The summed E-state index contributed by atoms with van der Waals surface area (Å²) in [5.41, 5.74) is 1.57. The third-order valence-corrected chi connectivity index (χ3v) is 3.49. The summed E-state index contributed by atoms with van der Waals surface area (Å²) in [6.45, 7) is -0.182. The molecule has 1 heterocycles. The topological polar surface area (TPSA) is 104 Å². The van der Waals surface area contributed by atoms with E-state index in [1.807, 2.05) is 6.07 Å². The lowest BCUT2D eigenvalue weighted by Crippen LogP contribution is -2.09. The standard InChI is InChI=1S/C17H13N3O5/c1-24-16-7-6-12(20(22)23)8-11(16)10-25-17(21)15-9-18-13-4-2-3-5-14(13)19-15/h2-9H,10H2,1H3. The second-order valence-corrected chi connectivity index (χ2v) is 5.07. The first-order valence-electron chi connectivity index (χ1n) is 7.28. The number of esters is 1. The van der Waals surface area contributed by atoms with Gasteiger partial charge in [-0.1, -0.05) is 12.1 Å². The first kappa shape index (κ1) is 16.3. The van der Waals surface area contributed by atoms with Gasteiger partial charge in [0.1, 0.15) is 12.4 Å². The van der Waals surface area contributed by atoms with Crippen LogP contribution in [-0.4, -0.2) is 28.0 Å². The highest BCUT2D eigenvalue weighted by atomic mass is 16.6. The first-order valence-corrected chi connectivity index (χ1v) is 7.28. The van der Waals surface area contributed by atoms with Crippen LogP contribution in [0.1, 0.15) is 16.1 Å². The molecule has 126 valence electrons. The highest BCUT2D eigenvalue weighted by molar-refractivity contribution is 5.89. The van der Waals surface area contributed by atoms with Crippen molar-refractivity contribution in [1.82, 2.24) is 9.97 Å². The molecule has 0 radical (unpaired) electrons. The van der Waals surface area contributed by atoms with Crippen LogP contribution in [-0.2, 0) is 11.3 Å². The molecule has 3 aromatic rings. The zero-order valence-corrected chi connectivity index (χ0v) is 13.2. The number of fused-ring (bicyclic) bond motifs is 1. The monoisotopic (exact) mass is 339 g/mol. The molecule has 25 heavy (non-hydrogen) atoms. The quantitative estimate of drug-likeness (QED) is 0.400. The molecule has 3 rings (SSSR count). The van der Waals surface area contributed by atoms with Crippen LogP contribution in [0.15, 0.2) is 48.7 Å². The molecule has 0 spiro atoms. The number of nitro benzene ring substituents is 1. The fourth-order valence-corrected chi connectivity index (χ4v) is 2.26. The molecule has 0 aliphatic carbocycles. The van der Waals surface area contributed by atoms with Crippen molar-refractivity contribution in [3.05, 3.63) is 70.0 Å². The molecule has 0 amide bonds. The summed E-state index contributed by atoms with van der Waals surface area (Å²) in [7, 11) is 1.43. The molecule has 8 nitrogen and oxygen atoms in total. The van der Waals surface area contributed by atoms with E-state index in [1.54, 1.807) is 18.2 Å². The predicted octanol–water partition coefficient (Wildman–Crippen LogP) is 2.90. The minimum absolute atomic E-state index is 0.0584. The number of carbonyl (C=O) groups is 1. The molecule has 0 fully saturated rings. The Morgan fingerprint density at radius 1 is 1.20 bits per heavy atom. The predicted molar refractivity (Wildman–Crippen MR) is 88.3 cm³/mol. The average Bonchev–Trinajstić information content (AvgIpc) is 2.65. The molecule has 0 aliphatic heterocycles. The van der Waals surface area contributed by atoms with Gasteiger partial charge in [0, 0.05) is 17.7 Å². The maximum Gasteiger partial charge on any atom is 0.358 e. The van der Waals surface area contributed by atoms with E-state index in [4.69, 9.17) is 9.47 Å². The molecule has 0 aliphatic rings. The molecule has 0 saturated carbocycles. The lowest BCUT2D eigenvalue weighted by Gasteiger charge is -2.09. The van der Waals surface area contributed by atoms with Crippen molar-refractivity contribution >= 4 is 22.7 Å². The number of benzene rings is 2. The second kappa shape index (κ2) is 6.91. The Bertz CT molecular complexity index is 958. The molecule has 0 saturated heterocycles. The number of nitro groups is 1. The Kier molecular flexibility index (Phi) is 4.51. The zero-order valence-electron chi connectivity index (χ0n) is 13.2. The number of hydrogen-bond acceptors (Lipinski definition) is 7. The van der Waals surface area contributed by atoms with Gasteiger partial charge < -0.3 is 9.47 Å². The number of ether oxygens (including phenoxy) is 2. The van der Waals surface area contributed by atoms with Crippen LogP contribution in [0.25, 0.3) is 11.0 Å². The minimum atomic E-state index is -0.674. The van der Waals surface area contributed by atoms with Crippen molar-refractivity contribution in [2.24, 2.45) is 0 Å². The summed E-state index contributed by atoms with van der Waals surface area (Å²) in [5, 5.41) is 10.9. The first-order chi connectivity index (χ1) is 12.1. The van der Waals surface area contributed by atoms with Crippen LogP contribution in [0.2, 0.25) is 0 Å². The normalized spacial score (nSPS) is 10.4. The Morgan fingerprint density at radius 3 is 2.68 bits per heavy atom. The lowest BCUT2D eigenvalue weighted by molar-refractivity contribution is -0.385. The van der Waals surface area contributed by atoms with Gasteiger partial charge in [0.25, 0.3) is 5.69 Å². The summed E-state index contributed by atoms with van der Waals surface area (Å²) in [6, 6.07) is 11.2. The van der Waals surface area contributed by atoms with Crippen LogP contribution in [0.4, 0.5) is 5.69 Å². The number of para-hydroxylation sites is 2. The fraction of sp³-hybridized carbons (Fsp3) is 0.118. The second-order valence-electron chi connectivity index (χ2n) is 5.07. The van der Waals surface area contributed by atoms with Crippen LogP contribution >= 0.6 is 0 Å². The summed E-state index contributed by atoms with van der Waals surface area (Å²) in [6.07, 6.45) is 1.33. The number of methoxy groups -OCH3 is 1. The molecule has 1 aromatic heterocycles. The van der Waals surface area contributed by atoms with Crippen molar-refractivity contribution in [3.8, 4) is 5.75 Å². The summed E-state index contributed by atoms with van der Waals surface area (Å²) in [5.74, 6) is -0.283. The molecular formula is C17H13N3O5. The molecule has 0 atom stereocenters. The number of hydrogen-bond donors (Lipinski definition) is 0. The Hall–Kier alpha value is -3.55. The van der Waals surface area contributed by atoms with Gasteiger partial charge in [0.05, 0.1) is 29.3 Å². The largest absolute Gasteiger partial charge is 0.496 e. The third-order valence-electron chi connectivity index (χ3n) is 3.49. The molecule has 8 heteroatoms. The van der Waals surface area contributed by atoms with Gasteiger partial charge in [-0.05, 0) is 18.2 Å². The van der Waals surface area contributed by atoms with Gasteiger partial charge in [-0.15, -0.1) is 0 Å². The minimum Gasteiger partial charge on any atom is -0.496 e.